The Bertz CT molecular complexity index is 1110. The Hall–Kier alpha value is -3.75. The molecule has 0 aliphatic carbocycles. The van der Waals surface area contributed by atoms with Gasteiger partial charge in [-0.25, -0.2) is 0 Å². The van der Waals surface area contributed by atoms with Gasteiger partial charge in [0, 0.05) is 55.8 Å². The number of ether oxygens (including phenoxy) is 1. The summed E-state index contributed by atoms with van der Waals surface area (Å²) in [6.07, 6.45) is 3.57. The molecule has 1 unspecified atom stereocenters. The van der Waals surface area contributed by atoms with E-state index in [1.165, 1.54) is 0 Å². The van der Waals surface area contributed by atoms with Gasteiger partial charge in [0.05, 0.1) is 18.9 Å². The summed E-state index contributed by atoms with van der Waals surface area (Å²) in [5.74, 6) is 1.27. The maximum absolute atomic E-state index is 12.9. The molecule has 2 amide bonds. The zero-order valence-electron chi connectivity index (χ0n) is 17.0. The molecule has 2 aromatic heterocycles. The van der Waals surface area contributed by atoms with E-state index < -0.39 is 0 Å². The average molecular weight is 419 g/mol. The lowest BCUT2D eigenvalue weighted by molar-refractivity contribution is -0.140. The van der Waals surface area contributed by atoms with Gasteiger partial charge in [0.1, 0.15) is 5.75 Å². The van der Waals surface area contributed by atoms with E-state index >= 15 is 0 Å². The van der Waals surface area contributed by atoms with Gasteiger partial charge < -0.3 is 19.1 Å². The molecule has 0 N–H and O–H groups in total. The number of methoxy groups -OCH3 is 1. The largest absolute Gasteiger partial charge is 0.497 e. The van der Waals surface area contributed by atoms with Crippen LogP contribution in [0.15, 0.2) is 53.3 Å². The van der Waals surface area contributed by atoms with Crippen molar-refractivity contribution in [2.45, 2.75) is 12.3 Å². The van der Waals surface area contributed by atoms with E-state index in [0.29, 0.717) is 37.1 Å². The maximum atomic E-state index is 12.9. The summed E-state index contributed by atoms with van der Waals surface area (Å²) in [4.78, 5) is 37.4. The third kappa shape index (κ3) is 3.63. The number of anilines is 1. The monoisotopic (exact) mass is 419 g/mol. The predicted molar refractivity (Wildman–Crippen MR) is 110 cm³/mol. The van der Waals surface area contributed by atoms with Crippen LogP contribution in [0, 0.1) is 5.92 Å². The summed E-state index contributed by atoms with van der Waals surface area (Å²) >= 11 is 0. The van der Waals surface area contributed by atoms with Crippen LogP contribution in [0.2, 0.25) is 0 Å². The molecule has 0 saturated carbocycles. The van der Waals surface area contributed by atoms with E-state index in [0.717, 1.165) is 11.3 Å². The number of carbonyl (C=O) groups excluding carboxylic acids is 2. The van der Waals surface area contributed by atoms with Crippen molar-refractivity contribution in [3.8, 4) is 17.1 Å². The number of amides is 2. The van der Waals surface area contributed by atoms with Gasteiger partial charge in [-0.2, -0.15) is 4.98 Å². The fourth-order valence-electron chi connectivity index (χ4n) is 3.99. The molecule has 0 spiro atoms. The van der Waals surface area contributed by atoms with Crippen molar-refractivity contribution in [3.05, 3.63) is 54.7 Å². The van der Waals surface area contributed by atoms with Crippen molar-refractivity contribution < 1.29 is 18.8 Å². The highest BCUT2D eigenvalue weighted by Crippen LogP contribution is 2.33. The van der Waals surface area contributed by atoms with Gasteiger partial charge in [-0.3, -0.25) is 14.6 Å². The minimum Gasteiger partial charge on any atom is -0.497 e. The maximum Gasteiger partial charge on any atom is 0.233 e. The lowest BCUT2D eigenvalue weighted by Gasteiger charge is -2.38. The summed E-state index contributed by atoms with van der Waals surface area (Å²) in [5.41, 5.74) is 1.53. The second kappa shape index (κ2) is 7.82. The van der Waals surface area contributed by atoms with Crippen LogP contribution in [0.5, 0.6) is 5.75 Å². The van der Waals surface area contributed by atoms with Crippen molar-refractivity contribution in [1.82, 2.24) is 20.0 Å². The van der Waals surface area contributed by atoms with Crippen molar-refractivity contribution in [3.63, 3.8) is 0 Å². The predicted octanol–water partition coefficient (Wildman–Crippen LogP) is 2.12. The van der Waals surface area contributed by atoms with Crippen LogP contribution in [0.3, 0.4) is 0 Å². The zero-order chi connectivity index (χ0) is 21.4. The first kappa shape index (κ1) is 19.2. The first-order chi connectivity index (χ1) is 15.1. The fourth-order valence-corrected chi connectivity index (χ4v) is 3.99. The van der Waals surface area contributed by atoms with Crippen LogP contribution in [-0.2, 0) is 9.59 Å². The molecule has 4 heterocycles. The number of hydrogen-bond acceptors (Lipinski definition) is 7. The molecule has 2 aliphatic rings. The molecule has 9 heteroatoms. The van der Waals surface area contributed by atoms with E-state index in [1.54, 1.807) is 35.4 Å². The SMILES string of the molecule is COc1cccc(N2CC(C(=O)N3CC(c4nc(-c5cccnc5)no4)C3)CC2=O)c1. The molecule has 0 radical (unpaired) electrons. The number of pyridine rings is 1. The highest BCUT2D eigenvalue weighted by Gasteiger charge is 2.42. The van der Waals surface area contributed by atoms with E-state index in [2.05, 4.69) is 15.1 Å². The first-order valence-electron chi connectivity index (χ1n) is 10.1. The van der Waals surface area contributed by atoms with E-state index in [4.69, 9.17) is 9.26 Å². The minimum absolute atomic E-state index is 0.00784. The van der Waals surface area contributed by atoms with Gasteiger partial charge in [-0.1, -0.05) is 11.2 Å². The number of aromatic nitrogens is 3. The second-order valence-electron chi connectivity index (χ2n) is 7.74. The van der Waals surface area contributed by atoms with Crippen molar-refractivity contribution >= 4 is 17.5 Å². The summed E-state index contributed by atoms with van der Waals surface area (Å²) in [7, 11) is 1.58. The van der Waals surface area contributed by atoms with E-state index in [9.17, 15) is 9.59 Å². The van der Waals surface area contributed by atoms with Crippen LogP contribution in [0.4, 0.5) is 5.69 Å². The third-order valence-corrected chi connectivity index (χ3v) is 5.74. The normalized spacial score (nSPS) is 18.9. The first-order valence-corrected chi connectivity index (χ1v) is 10.1. The molecule has 2 aliphatic heterocycles. The van der Waals surface area contributed by atoms with Gasteiger partial charge in [0.15, 0.2) is 0 Å². The van der Waals surface area contributed by atoms with Crippen LogP contribution in [-0.4, -0.2) is 58.6 Å². The average Bonchev–Trinajstić information content (AvgIpc) is 3.40. The fraction of sp³-hybridized carbons (Fsp3) is 0.318. The molecule has 1 atom stereocenters. The highest BCUT2D eigenvalue weighted by molar-refractivity contribution is 6.00. The Morgan fingerprint density at radius 1 is 1.19 bits per heavy atom. The van der Waals surface area contributed by atoms with Crippen LogP contribution >= 0.6 is 0 Å². The molecule has 2 fully saturated rings. The molecular weight excluding hydrogens is 398 g/mol. The Morgan fingerprint density at radius 2 is 2.06 bits per heavy atom. The smallest absolute Gasteiger partial charge is 0.233 e. The molecular formula is C22H21N5O4. The topological polar surface area (TPSA) is 102 Å². The van der Waals surface area contributed by atoms with Crippen LogP contribution in [0.25, 0.3) is 11.4 Å². The molecule has 31 heavy (non-hydrogen) atoms. The molecule has 0 bridgehead atoms. The summed E-state index contributed by atoms with van der Waals surface area (Å²) in [5, 5.41) is 4.01. The summed E-state index contributed by atoms with van der Waals surface area (Å²) in [6.45, 7) is 1.40. The standard InChI is InChI=1S/C22H21N5O4/c1-30-18-6-2-5-17(9-18)27-13-15(8-19(27)28)22(29)26-11-16(12-26)21-24-20(25-31-21)14-4-3-7-23-10-14/h2-7,9-10,15-16H,8,11-13H2,1H3. The van der Waals surface area contributed by atoms with Gasteiger partial charge >= 0.3 is 0 Å². The number of rotatable bonds is 5. The molecule has 1 aromatic carbocycles. The number of nitrogens with zero attached hydrogens (tertiary/aromatic N) is 5. The van der Waals surface area contributed by atoms with Crippen molar-refractivity contribution in [2.24, 2.45) is 5.92 Å². The Balaban J connectivity index is 1.20. The lowest BCUT2D eigenvalue weighted by atomic mass is 9.96. The van der Waals surface area contributed by atoms with Gasteiger partial charge in [0.2, 0.25) is 23.5 Å². The van der Waals surface area contributed by atoms with Crippen molar-refractivity contribution in [2.75, 3.05) is 31.6 Å². The quantitative estimate of drug-likeness (QED) is 0.624. The highest BCUT2D eigenvalue weighted by atomic mass is 16.5. The number of hydrogen-bond donors (Lipinski definition) is 0. The Kier molecular flexibility index (Phi) is 4.85. The van der Waals surface area contributed by atoms with Crippen LogP contribution in [0.1, 0.15) is 18.2 Å². The molecule has 2 saturated heterocycles. The zero-order valence-corrected chi connectivity index (χ0v) is 17.0. The molecule has 3 aromatic rings. The summed E-state index contributed by atoms with van der Waals surface area (Å²) < 4.78 is 10.6. The Labute approximate surface area is 178 Å². The van der Waals surface area contributed by atoms with Gasteiger partial charge in [-0.05, 0) is 24.3 Å². The van der Waals surface area contributed by atoms with Crippen LogP contribution < -0.4 is 9.64 Å². The van der Waals surface area contributed by atoms with Crippen molar-refractivity contribution in [1.29, 1.82) is 0 Å². The van der Waals surface area contributed by atoms with Gasteiger partial charge in [0.25, 0.3) is 0 Å². The van der Waals surface area contributed by atoms with E-state index in [1.807, 2.05) is 30.3 Å². The number of carbonyl (C=O) groups is 2. The number of benzene rings is 1. The molecule has 9 nitrogen and oxygen atoms in total. The lowest BCUT2D eigenvalue weighted by Crippen LogP contribution is -2.51. The van der Waals surface area contributed by atoms with E-state index in [-0.39, 0.29) is 30.1 Å². The third-order valence-electron chi connectivity index (χ3n) is 5.74. The summed E-state index contributed by atoms with van der Waals surface area (Å²) in [6, 6.07) is 11.0. The van der Waals surface area contributed by atoms with Gasteiger partial charge in [-0.15, -0.1) is 0 Å². The minimum atomic E-state index is -0.353. The number of likely N-dealkylation sites (tertiary alicyclic amines) is 1. The molecule has 158 valence electrons. The Morgan fingerprint density at radius 3 is 2.84 bits per heavy atom. The second-order valence-corrected chi connectivity index (χ2v) is 7.74. The molecule has 5 rings (SSSR count).